The Bertz CT molecular complexity index is 537. The number of nitrogens with one attached hydrogen (secondary N) is 1. The molecule has 0 heterocycles. The van der Waals surface area contributed by atoms with Gasteiger partial charge in [0.1, 0.15) is 0 Å². The number of hydrogen-bond acceptors (Lipinski definition) is 4. The zero-order chi connectivity index (χ0) is 15.5. The molecule has 0 bridgehead atoms. The van der Waals surface area contributed by atoms with Gasteiger partial charge >= 0.3 is 5.97 Å². The van der Waals surface area contributed by atoms with Crippen LogP contribution in [0.4, 0.5) is 0 Å². The Balaban J connectivity index is 2.20. The fourth-order valence-corrected chi connectivity index (χ4v) is 2.74. The van der Waals surface area contributed by atoms with E-state index in [4.69, 9.17) is 0 Å². The second kappa shape index (κ2) is 6.26. The second-order valence-corrected chi connectivity index (χ2v) is 5.54. The number of hydrogen-bond donors (Lipinski definition) is 2. The molecule has 1 aliphatic rings. The quantitative estimate of drug-likeness (QED) is 0.796. The van der Waals surface area contributed by atoms with Crippen LogP contribution in [0, 0.1) is 6.92 Å². The highest BCUT2D eigenvalue weighted by molar-refractivity contribution is 5.92. The fourth-order valence-electron chi connectivity index (χ4n) is 2.74. The van der Waals surface area contributed by atoms with Crippen LogP contribution in [0.3, 0.4) is 0 Å². The van der Waals surface area contributed by atoms with Gasteiger partial charge in [0.2, 0.25) is 5.91 Å². The number of rotatable bonds is 5. The predicted octanol–water partition coefficient (Wildman–Crippen LogP) is 1.07. The van der Waals surface area contributed by atoms with Crippen LogP contribution in [0.2, 0.25) is 0 Å². The molecular weight excluding hydrogens is 270 g/mol. The van der Waals surface area contributed by atoms with Gasteiger partial charge in [-0.3, -0.25) is 4.79 Å². The van der Waals surface area contributed by atoms with E-state index in [1.165, 1.54) is 7.11 Å². The number of aliphatic hydroxyl groups is 1. The summed E-state index contributed by atoms with van der Waals surface area (Å²) in [6, 6.07) is 6.85. The SMILES string of the molecule is COC(=O)C(CO)NC(=O)C1(c2cccc(C)c2)CCC1. The third-order valence-corrected chi connectivity index (χ3v) is 4.19. The molecule has 5 nitrogen and oxygen atoms in total. The largest absolute Gasteiger partial charge is 0.467 e. The Morgan fingerprint density at radius 3 is 2.62 bits per heavy atom. The highest BCUT2D eigenvalue weighted by Gasteiger charge is 2.46. The maximum Gasteiger partial charge on any atom is 0.330 e. The molecule has 5 heteroatoms. The van der Waals surface area contributed by atoms with E-state index in [9.17, 15) is 14.7 Å². The number of aryl methyl sites for hydroxylation is 1. The number of benzene rings is 1. The van der Waals surface area contributed by atoms with Crippen molar-refractivity contribution in [3.63, 3.8) is 0 Å². The molecule has 2 N–H and O–H groups in total. The van der Waals surface area contributed by atoms with Crippen LogP contribution in [0.25, 0.3) is 0 Å². The molecule has 114 valence electrons. The number of amides is 1. The first-order valence-electron chi connectivity index (χ1n) is 7.10. The van der Waals surface area contributed by atoms with Crippen molar-refractivity contribution >= 4 is 11.9 Å². The van der Waals surface area contributed by atoms with Gasteiger partial charge in [-0.05, 0) is 25.3 Å². The van der Waals surface area contributed by atoms with Crippen molar-refractivity contribution in [3.05, 3.63) is 35.4 Å². The Labute approximate surface area is 124 Å². The topological polar surface area (TPSA) is 75.6 Å². The summed E-state index contributed by atoms with van der Waals surface area (Å²) in [4.78, 5) is 24.1. The van der Waals surface area contributed by atoms with Gasteiger partial charge in [-0.15, -0.1) is 0 Å². The molecule has 0 radical (unpaired) electrons. The van der Waals surface area contributed by atoms with Crippen molar-refractivity contribution in [2.45, 2.75) is 37.6 Å². The van der Waals surface area contributed by atoms with Gasteiger partial charge in [-0.25, -0.2) is 4.79 Å². The van der Waals surface area contributed by atoms with E-state index in [2.05, 4.69) is 10.1 Å². The molecule has 1 unspecified atom stereocenters. The Hall–Kier alpha value is -1.88. The molecule has 1 atom stereocenters. The molecule has 1 saturated carbocycles. The van der Waals surface area contributed by atoms with Crippen molar-refractivity contribution in [2.75, 3.05) is 13.7 Å². The van der Waals surface area contributed by atoms with E-state index in [0.29, 0.717) is 0 Å². The van der Waals surface area contributed by atoms with Gasteiger partial charge in [0.05, 0.1) is 19.1 Å². The highest BCUT2D eigenvalue weighted by atomic mass is 16.5. The van der Waals surface area contributed by atoms with Crippen molar-refractivity contribution < 1.29 is 19.4 Å². The van der Waals surface area contributed by atoms with Crippen LogP contribution >= 0.6 is 0 Å². The number of carbonyl (C=O) groups excluding carboxylic acids is 2. The maximum absolute atomic E-state index is 12.6. The van der Waals surface area contributed by atoms with Crippen LogP contribution in [-0.4, -0.2) is 36.7 Å². The van der Waals surface area contributed by atoms with Crippen molar-refractivity contribution in [1.29, 1.82) is 0 Å². The average Bonchev–Trinajstić information content (AvgIpc) is 2.43. The summed E-state index contributed by atoms with van der Waals surface area (Å²) >= 11 is 0. The third-order valence-electron chi connectivity index (χ3n) is 4.19. The molecule has 0 aliphatic heterocycles. The van der Waals surface area contributed by atoms with Gasteiger partial charge in [0.15, 0.2) is 6.04 Å². The second-order valence-electron chi connectivity index (χ2n) is 5.54. The molecular formula is C16H21NO4. The van der Waals surface area contributed by atoms with E-state index in [1.54, 1.807) is 0 Å². The van der Waals surface area contributed by atoms with E-state index in [-0.39, 0.29) is 5.91 Å². The van der Waals surface area contributed by atoms with Crippen LogP contribution in [0.15, 0.2) is 24.3 Å². The lowest BCUT2D eigenvalue weighted by Gasteiger charge is -2.41. The first-order chi connectivity index (χ1) is 10.0. The summed E-state index contributed by atoms with van der Waals surface area (Å²) in [5.74, 6) is -0.853. The van der Waals surface area contributed by atoms with Crippen LogP contribution in [0.1, 0.15) is 30.4 Å². The molecule has 21 heavy (non-hydrogen) atoms. The lowest BCUT2D eigenvalue weighted by atomic mass is 9.63. The Morgan fingerprint density at radius 2 is 2.14 bits per heavy atom. The zero-order valence-electron chi connectivity index (χ0n) is 12.4. The standard InChI is InChI=1S/C16H21NO4/c1-11-5-3-6-12(9-11)16(7-4-8-16)15(20)17-13(10-18)14(19)21-2/h3,5-6,9,13,18H,4,7-8,10H2,1-2H3,(H,17,20). The number of methoxy groups -OCH3 is 1. The molecule has 1 fully saturated rings. The number of aliphatic hydroxyl groups excluding tert-OH is 1. The molecule has 1 aliphatic carbocycles. The Morgan fingerprint density at radius 1 is 1.43 bits per heavy atom. The first-order valence-corrected chi connectivity index (χ1v) is 7.10. The van der Waals surface area contributed by atoms with Crippen LogP contribution < -0.4 is 5.32 Å². The van der Waals surface area contributed by atoms with Crippen molar-refractivity contribution in [1.82, 2.24) is 5.32 Å². The van der Waals surface area contributed by atoms with Crippen LogP contribution in [-0.2, 0) is 19.7 Å². The summed E-state index contributed by atoms with van der Waals surface area (Å²) in [6.07, 6.45) is 2.48. The number of esters is 1. The summed E-state index contributed by atoms with van der Waals surface area (Å²) in [6.45, 7) is 1.51. The minimum absolute atomic E-state index is 0.219. The van der Waals surface area contributed by atoms with Gasteiger partial charge in [-0.2, -0.15) is 0 Å². The summed E-state index contributed by atoms with van der Waals surface area (Å²) in [5, 5.41) is 11.8. The minimum atomic E-state index is -1.01. The lowest BCUT2D eigenvalue weighted by Crippen LogP contribution is -2.55. The minimum Gasteiger partial charge on any atom is -0.467 e. The van der Waals surface area contributed by atoms with Gasteiger partial charge in [0.25, 0.3) is 0 Å². The van der Waals surface area contributed by atoms with E-state index >= 15 is 0 Å². The van der Waals surface area contributed by atoms with Gasteiger partial charge < -0.3 is 15.2 Å². The lowest BCUT2D eigenvalue weighted by molar-refractivity contribution is -0.147. The normalized spacial score (nSPS) is 17.5. The molecule has 0 spiro atoms. The van der Waals surface area contributed by atoms with Crippen molar-refractivity contribution in [3.8, 4) is 0 Å². The number of ether oxygens (including phenoxy) is 1. The van der Waals surface area contributed by atoms with E-state index < -0.39 is 24.0 Å². The van der Waals surface area contributed by atoms with Crippen molar-refractivity contribution in [2.24, 2.45) is 0 Å². The van der Waals surface area contributed by atoms with Crippen LogP contribution in [0.5, 0.6) is 0 Å². The first kappa shape index (κ1) is 15.5. The molecule has 2 rings (SSSR count). The highest BCUT2D eigenvalue weighted by Crippen LogP contribution is 2.44. The Kier molecular flexibility index (Phi) is 4.63. The summed E-state index contributed by atoms with van der Waals surface area (Å²) in [7, 11) is 1.23. The molecule has 1 aromatic carbocycles. The summed E-state index contributed by atoms with van der Waals surface area (Å²) < 4.78 is 4.58. The smallest absolute Gasteiger partial charge is 0.330 e. The third kappa shape index (κ3) is 2.93. The maximum atomic E-state index is 12.6. The molecule has 1 aromatic rings. The average molecular weight is 291 g/mol. The predicted molar refractivity (Wildman–Crippen MR) is 77.7 cm³/mol. The monoisotopic (exact) mass is 291 g/mol. The molecule has 0 aromatic heterocycles. The molecule has 0 saturated heterocycles. The summed E-state index contributed by atoms with van der Waals surface area (Å²) in [5.41, 5.74) is 1.47. The molecule has 1 amide bonds. The fraction of sp³-hybridized carbons (Fsp3) is 0.500. The number of carbonyl (C=O) groups is 2. The van der Waals surface area contributed by atoms with E-state index in [0.717, 1.165) is 30.4 Å². The van der Waals surface area contributed by atoms with E-state index in [1.807, 2.05) is 31.2 Å². The van der Waals surface area contributed by atoms with Gasteiger partial charge in [0, 0.05) is 0 Å². The van der Waals surface area contributed by atoms with Gasteiger partial charge in [-0.1, -0.05) is 36.2 Å². The zero-order valence-corrected chi connectivity index (χ0v) is 12.4.